The molecule has 1 aromatic heterocycles. The predicted octanol–water partition coefficient (Wildman–Crippen LogP) is 5.35. The number of nitrogens with one attached hydrogen (secondary N) is 2. The van der Waals surface area contributed by atoms with Crippen molar-refractivity contribution < 1.29 is 27.2 Å². The normalized spacial score (nSPS) is 12.3. The van der Waals surface area contributed by atoms with E-state index in [1.165, 1.54) is 30.5 Å². The van der Waals surface area contributed by atoms with Crippen molar-refractivity contribution in [1.29, 1.82) is 0 Å². The molecule has 0 saturated carbocycles. The first kappa shape index (κ1) is 21.2. The summed E-state index contributed by atoms with van der Waals surface area (Å²) in [7, 11) is 0. The molecule has 1 atom stereocenters. The number of hydrogen-bond acceptors (Lipinski definition) is 3. The van der Waals surface area contributed by atoms with E-state index in [0.717, 1.165) is 17.7 Å². The molecule has 2 aromatic carbocycles. The molecule has 1 unspecified atom stereocenters. The van der Waals surface area contributed by atoms with Crippen LogP contribution >= 0.6 is 0 Å². The van der Waals surface area contributed by atoms with Gasteiger partial charge in [-0.05, 0) is 61.4 Å². The minimum Gasteiger partial charge on any atom is -0.459 e. The van der Waals surface area contributed by atoms with Crippen LogP contribution in [0.25, 0.3) is 0 Å². The maximum atomic E-state index is 12.9. The Hall–Kier alpha value is -3.55. The number of anilines is 1. The van der Waals surface area contributed by atoms with Crippen LogP contribution in [-0.2, 0) is 6.18 Å². The number of halogens is 3. The molecule has 0 radical (unpaired) electrons. The van der Waals surface area contributed by atoms with E-state index < -0.39 is 29.6 Å². The van der Waals surface area contributed by atoms with E-state index in [0.29, 0.717) is 11.3 Å². The van der Waals surface area contributed by atoms with Gasteiger partial charge in [0.15, 0.2) is 5.76 Å². The standard InChI is InChI=1S/C22H19F3N2O3/c1-13-8-9-16(12-18(13)27-21(29)19-7-4-10-30-19)20(28)26-14(2)15-5-3-6-17(11-15)22(23,24)25/h3-12,14H,1-2H3,(H,26,28)(H,27,29). The summed E-state index contributed by atoms with van der Waals surface area (Å²) in [6.07, 6.45) is -3.08. The van der Waals surface area contributed by atoms with Crippen LogP contribution in [0, 0.1) is 6.92 Å². The van der Waals surface area contributed by atoms with E-state index in [4.69, 9.17) is 4.42 Å². The SMILES string of the molecule is Cc1ccc(C(=O)NC(C)c2cccc(C(F)(F)F)c2)cc1NC(=O)c1ccco1. The lowest BCUT2D eigenvalue weighted by Gasteiger charge is -2.17. The van der Waals surface area contributed by atoms with Gasteiger partial charge in [-0.25, -0.2) is 0 Å². The Labute approximate surface area is 170 Å². The smallest absolute Gasteiger partial charge is 0.416 e. The summed E-state index contributed by atoms with van der Waals surface area (Å²) >= 11 is 0. The van der Waals surface area contributed by atoms with Gasteiger partial charge in [-0.15, -0.1) is 0 Å². The number of hydrogen-bond donors (Lipinski definition) is 2. The van der Waals surface area contributed by atoms with Crippen molar-refractivity contribution in [1.82, 2.24) is 5.32 Å². The van der Waals surface area contributed by atoms with Crippen molar-refractivity contribution in [3.8, 4) is 0 Å². The first-order valence-corrected chi connectivity index (χ1v) is 9.08. The highest BCUT2D eigenvalue weighted by molar-refractivity contribution is 6.04. The number of furan rings is 1. The van der Waals surface area contributed by atoms with Gasteiger partial charge in [0.25, 0.3) is 11.8 Å². The maximum absolute atomic E-state index is 12.9. The van der Waals surface area contributed by atoms with Crippen LogP contribution in [0.2, 0.25) is 0 Å². The number of carbonyl (C=O) groups excluding carboxylic acids is 2. The molecular formula is C22H19F3N2O3. The minimum absolute atomic E-state index is 0.127. The third-order valence-electron chi connectivity index (χ3n) is 4.55. The van der Waals surface area contributed by atoms with Crippen molar-refractivity contribution in [3.05, 3.63) is 88.9 Å². The summed E-state index contributed by atoms with van der Waals surface area (Å²) in [5.41, 5.74) is 0.971. The third kappa shape index (κ3) is 4.89. The molecular weight excluding hydrogens is 397 g/mol. The van der Waals surface area contributed by atoms with Crippen molar-refractivity contribution in [2.24, 2.45) is 0 Å². The molecule has 156 valence electrons. The summed E-state index contributed by atoms with van der Waals surface area (Å²) in [5, 5.41) is 5.36. The van der Waals surface area contributed by atoms with E-state index in [-0.39, 0.29) is 11.3 Å². The lowest BCUT2D eigenvalue weighted by atomic mass is 10.0. The predicted molar refractivity (Wildman–Crippen MR) is 105 cm³/mol. The second-order valence-corrected chi connectivity index (χ2v) is 6.78. The molecule has 2 N–H and O–H groups in total. The summed E-state index contributed by atoms with van der Waals surface area (Å²) in [5.74, 6) is -0.811. The zero-order valence-electron chi connectivity index (χ0n) is 16.2. The van der Waals surface area contributed by atoms with Crippen LogP contribution in [0.4, 0.5) is 18.9 Å². The molecule has 0 spiro atoms. The molecule has 30 heavy (non-hydrogen) atoms. The monoisotopic (exact) mass is 416 g/mol. The van der Waals surface area contributed by atoms with Gasteiger partial charge in [0.05, 0.1) is 17.9 Å². The summed E-state index contributed by atoms with van der Waals surface area (Å²) in [6, 6.07) is 12.0. The summed E-state index contributed by atoms with van der Waals surface area (Å²) < 4.78 is 43.8. The molecule has 0 aliphatic heterocycles. The van der Waals surface area contributed by atoms with Gasteiger partial charge in [0.2, 0.25) is 0 Å². The second-order valence-electron chi connectivity index (χ2n) is 6.78. The summed E-state index contributed by atoms with van der Waals surface area (Å²) in [4.78, 5) is 24.8. The van der Waals surface area contributed by atoms with E-state index in [1.54, 1.807) is 32.0 Å². The van der Waals surface area contributed by atoms with Crippen LogP contribution < -0.4 is 10.6 Å². The average Bonchev–Trinajstić information content (AvgIpc) is 3.24. The number of carbonyl (C=O) groups is 2. The zero-order valence-corrected chi connectivity index (χ0v) is 16.2. The highest BCUT2D eigenvalue weighted by Gasteiger charge is 2.30. The number of benzene rings is 2. The van der Waals surface area contributed by atoms with Crippen LogP contribution in [-0.4, -0.2) is 11.8 Å². The quantitative estimate of drug-likeness (QED) is 0.589. The Bertz CT molecular complexity index is 1060. The largest absolute Gasteiger partial charge is 0.459 e. The Morgan fingerprint density at radius 1 is 1.00 bits per heavy atom. The zero-order chi connectivity index (χ0) is 21.9. The van der Waals surface area contributed by atoms with Gasteiger partial charge in [0, 0.05) is 11.3 Å². The lowest BCUT2D eigenvalue weighted by molar-refractivity contribution is -0.137. The van der Waals surface area contributed by atoms with E-state index >= 15 is 0 Å². The fourth-order valence-electron chi connectivity index (χ4n) is 2.84. The van der Waals surface area contributed by atoms with E-state index in [9.17, 15) is 22.8 Å². The Morgan fingerprint density at radius 2 is 1.77 bits per heavy atom. The number of amides is 2. The average molecular weight is 416 g/mol. The number of alkyl halides is 3. The van der Waals surface area contributed by atoms with E-state index in [1.807, 2.05) is 0 Å². The van der Waals surface area contributed by atoms with Crippen molar-refractivity contribution in [2.45, 2.75) is 26.1 Å². The topological polar surface area (TPSA) is 71.3 Å². The van der Waals surface area contributed by atoms with Crippen LogP contribution in [0.1, 0.15) is 50.6 Å². The maximum Gasteiger partial charge on any atom is 0.416 e. The highest BCUT2D eigenvalue weighted by atomic mass is 19.4. The van der Waals surface area contributed by atoms with E-state index in [2.05, 4.69) is 10.6 Å². The molecule has 0 aliphatic carbocycles. The minimum atomic E-state index is -4.46. The molecule has 1 heterocycles. The number of rotatable bonds is 5. The van der Waals surface area contributed by atoms with Gasteiger partial charge < -0.3 is 15.1 Å². The first-order chi connectivity index (χ1) is 14.1. The van der Waals surface area contributed by atoms with Gasteiger partial charge in [-0.1, -0.05) is 18.2 Å². The molecule has 3 rings (SSSR count). The van der Waals surface area contributed by atoms with Gasteiger partial charge >= 0.3 is 6.18 Å². The molecule has 0 fully saturated rings. The van der Waals surface area contributed by atoms with Crippen molar-refractivity contribution >= 4 is 17.5 Å². The van der Waals surface area contributed by atoms with Gasteiger partial charge in [-0.2, -0.15) is 13.2 Å². The molecule has 2 amide bonds. The van der Waals surface area contributed by atoms with Crippen molar-refractivity contribution in [3.63, 3.8) is 0 Å². The van der Waals surface area contributed by atoms with Crippen LogP contribution in [0.3, 0.4) is 0 Å². The molecule has 5 nitrogen and oxygen atoms in total. The Morgan fingerprint density at radius 3 is 2.43 bits per heavy atom. The fraction of sp³-hybridized carbons (Fsp3) is 0.182. The Kier molecular flexibility index (Phi) is 5.96. The van der Waals surface area contributed by atoms with Gasteiger partial charge in [-0.3, -0.25) is 9.59 Å². The molecule has 8 heteroatoms. The first-order valence-electron chi connectivity index (χ1n) is 9.08. The van der Waals surface area contributed by atoms with Crippen LogP contribution in [0.15, 0.2) is 65.3 Å². The van der Waals surface area contributed by atoms with Crippen molar-refractivity contribution in [2.75, 3.05) is 5.32 Å². The second kappa shape index (κ2) is 8.44. The lowest BCUT2D eigenvalue weighted by Crippen LogP contribution is -2.27. The molecule has 0 aliphatic rings. The highest BCUT2D eigenvalue weighted by Crippen LogP contribution is 2.30. The fourth-order valence-corrected chi connectivity index (χ4v) is 2.84. The molecule has 0 saturated heterocycles. The van der Waals surface area contributed by atoms with Gasteiger partial charge in [0.1, 0.15) is 0 Å². The van der Waals surface area contributed by atoms with Crippen LogP contribution in [0.5, 0.6) is 0 Å². The molecule has 3 aromatic rings. The summed E-state index contributed by atoms with van der Waals surface area (Å²) in [6.45, 7) is 3.37. The number of aryl methyl sites for hydroxylation is 1. The molecule has 0 bridgehead atoms. The third-order valence-corrected chi connectivity index (χ3v) is 4.55. The Balaban J connectivity index is 1.75.